The average Bonchev–Trinajstić information content (AvgIpc) is 2.32. The van der Waals surface area contributed by atoms with E-state index in [1.54, 1.807) is 18.3 Å². The van der Waals surface area contributed by atoms with Gasteiger partial charge in [0, 0.05) is 29.9 Å². The molecule has 0 amide bonds. The van der Waals surface area contributed by atoms with Crippen LogP contribution in [0.5, 0.6) is 0 Å². The number of benzene rings is 1. The number of nitrogens with zero attached hydrogens (tertiary/aromatic N) is 2. The van der Waals surface area contributed by atoms with E-state index < -0.39 is 0 Å². The number of rotatable bonds is 3. The summed E-state index contributed by atoms with van der Waals surface area (Å²) in [6.45, 7) is 3.83. The van der Waals surface area contributed by atoms with Crippen molar-refractivity contribution in [2.45, 2.75) is 26.3 Å². The summed E-state index contributed by atoms with van der Waals surface area (Å²) in [6.07, 6.45) is 2.37. The van der Waals surface area contributed by atoms with Crippen molar-refractivity contribution in [2.75, 3.05) is 0 Å². The highest BCUT2D eigenvalue weighted by atomic mass is 19.1. The molecule has 1 aromatic heterocycles. The molecule has 94 valence electrons. The lowest BCUT2D eigenvalue weighted by atomic mass is 10.1. The average molecular weight is 245 g/mol. The van der Waals surface area contributed by atoms with Crippen LogP contribution in [0.1, 0.15) is 35.6 Å². The maximum atomic E-state index is 12.8. The monoisotopic (exact) mass is 245 g/mol. The van der Waals surface area contributed by atoms with Gasteiger partial charge < -0.3 is 5.73 Å². The van der Waals surface area contributed by atoms with Gasteiger partial charge in [0.25, 0.3) is 0 Å². The number of aryl methyl sites for hydroxylation is 1. The molecule has 1 atom stereocenters. The lowest BCUT2D eigenvalue weighted by Gasteiger charge is -2.09. The summed E-state index contributed by atoms with van der Waals surface area (Å²) in [5.74, 6) is 0.492. The van der Waals surface area contributed by atoms with Gasteiger partial charge in [-0.3, -0.25) is 0 Å². The highest BCUT2D eigenvalue weighted by Crippen LogP contribution is 2.13. The Hall–Kier alpha value is -1.81. The molecule has 4 heteroatoms. The van der Waals surface area contributed by atoms with E-state index in [4.69, 9.17) is 5.73 Å². The molecule has 2 N–H and O–H groups in total. The van der Waals surface area contributed by atoms with Gasteiger partial charge in [0.2, 0.25) is 0 Å². The second kappa shape index (κ2) is 5.23. The molecule has 0 radical (unpaired) electrons. The summed E-state index contributed by atoms with van der Waals surface area (Å²) in [5.41, 5.74) is 8.66. The number of hydrogen-bond donors (Lipinski definition) is 1. The third kappa shape index (κ3) is 2.90. The van der Waals surface area contributed by atoms with Crippen LogP contribution in [0.4, 0.5) is 4.39 Å². The van der Waals surface area contributed by atoms with Crippen molar-refractivity contribution < 1.29 is 4.39 Å². The van der Waals surface area contributed by atoms with Gasteiger partial charge in [-0.2, -0.15) is 0 Å². The molecule has 0 aliphatic carbocycles. The van der Waals surface area contributed by atoms with E-state index in [1.165, 1.54) is 12.1 Å². The first-order chi connectivity index (χ1) is 8.56. The van der Waals surface area contributed by atoms with E-state index in [-0.39, 0.29) is 11.9 Å². The zero-order valence-corrected chi connectivity index (χ0v) is 10.5. The van der Waals surface area contributed by atoms with E-state index in [0.717, 1.165) is 22.6 Å². The van der Waals surface area contributed by atoms with E-state index in [2.05, 4.69) is 9.97 Å². The first kappa shape index (κ1) is 12.6. The minimum Gasteiger partial charge on any atom is -0.324 e. The molecule has 0 aliphatic rings. The Morgan fingerprint density at radius 3 is 2.50 bits per heavy atom. The zero-order valence-electron chi connectivity index (χ0n) is 10.5. The van der Waals surface area contributed by atoms with Crippen LogP contribution in [-0.4, -0.2) is 9.97 Å². The normalized spacial score (nSPS) is 12.4. The highest BCUT2D eigenvalue weighted by molar-refractivity contribution is 5.23. The Kier molecular flexibility index (Phi) is 3.67. The largest absolute Gasteiger partial charge is 0.324 e. The molecule has 0 saturated carbocycles. The molecule has 0 unspecified atom stereocenters. The van der Waals surface area contributed by atoms with Crippen LogP contribution in [0.25, 0.3) is 0 Å². The van der Waals surface area contributed by atoms with Crippen molar-refractivity contribution in [1.29, 1.82) is 0 Å². The van der Waals surface area contributed by atoms with Crippen LogP contribution in [0.2, 0.25) is 0 Å². The van der Waals surface area contributed by atoms with Crippen molar-refractivity contribution >= 4 is 0 Å². The van der Waals surface area contributed by atoms with E-state index in [0.29, 0.717) is 6.42 Å². The minimum atomic E-state index is -0.233. The van der Waals surface area contributed by atoms with Crippen molar-refractivity contribution in [3.63, 3.8) is 0 Å². The smallest absolute Gasteiger partial charge is 0.132 e. The maximum Gasteiger partial charge on any atom is 0.132 e. The standard InChI is InChI=1S/C14H16FN3/c1-9(16)13-8-17-14(18-10(13)2)7-11-3-5-12(15)6-4-11/h3-6,8-9H,7,16H2,1-2H3/t9-/m1/s1. The molecule has 1 aromatic carbocycles. The second-order valence-corrected chi connectivity index (χ2v) is 4.42. The van der Waals surface area contributed by atoms with Crippen molar-refractivity contribution in [3.8, 4) is 0 Å². The van der Waals surface area contributed by atoms with E-state index in [1.807, 2.05) is 13.8 Å². The van der Waals surface area contributed by atoms with Crippen molar-refractivity contribution in [2.24, 2.45) is 5.73 Å². The molecule has 0 spiro atoms. The molecule has 0 aliphatic heterocycles. The summed E-state index contributed by atoms with van der Waals surface area (Å²) in [7, 11) is 0. The summed E-state index contributed by atoms with van der Waals surface area (Å²) in [6, 6.07) is 6.31. The van der Waals surface area contributed by atoms with E-state index >= 15 is 0 Å². The van der Waals surface area contributed by atoms with Gasteiger partial charge in [-0.1, -0.05) is 12.1 Å². The molecule has 0 bridgehead atoms. The van der Waals surface area contributed by atoms with Crippen LogP contribution >= 0.6 is 0 Å². The second-order valence-electron chi connectivity index (χ2n) is 4.42. The lowest BCUT2D eigenvalue weighted by molar-refractivity contribution is 0.627. The Morgan fingerprint density at radius 1 is 1.28 bits per heavy atom. The SMILES string of the molecule is Cc1nc(Cc2ccc(F)cc2)ncc1[C@@H](C)N. The first-order valence-corrected chi connectivity index (χ1v) is 5.88. The highest BCUT2D eigenvalue weighted by Gasteiger charge is 2.07. The molecule has 1 heterocycles. The molecule has 2 rings (SSSR count). The molecule has 0 fully saturated rings. The number of halogens is 1. The molecular formula is C14H16FN3. The third-order valence-electron chi connectivity index (χ3n) is 2.83. The molecule has 0 saturated heterocycles. The summed E-state index contributed by atoms with van der Waals surface area (Å²) >= 11 is 0. The summed E-state index contributed by atoms with van der Waals surface area (Å²) in [5, 5.41) is 0. The molecule has 3 nitrogen and oxygen atoms in total. The Morgan fingerprint density at radius 2 is 1.94 bits per heavy atom. The molecule has 2 aromatic rings. The first-order valence-electron chi connectivity index (χ1n) is 5.88. The van der Waals surface area contributed by atoms with Gasteiger partial charge in [0.05, 0.1) is 0 Å². The van der Waals surface area contributed by atoms with E-state index in [9.17, 15) is 4.39 Å². The maximum absolute atomic E-state index is 12.8. The van der Waals surface area contributed by atoms with Crippen LogP contribution in [0.3, 0.4) is 0 Å². The third-order valence-corrected chi connectivity index (χ3v) is 2.83. The Labute approximate surface area is 106 Å². The van der Waals surface area contributed by atoms with Gasteiger partial charge in [-0.05, 0) is 31.5 Å². The number of hydrogen-bond acceptors (Lipinski definition) is 3. The fraction of sp³-hybridized carbons (Fsp3) is 0.286. The van der Waals surface area contributed by atoms with Crippen molar-refractivity contribution in [1.82, 2.24) is 9.97 Å². The predicted octanol–water partition coefficient (Wildman–Crippen LogP) is 2.53. The van der Waals surface area contributed by atoms with Crippen LogP contribution < -0.4 is 5.73 Å². The Bertz CT molecular complexity index is 535. The zero-order chi connectivity index (χ0) is 13.1. The number of nitrogens with two attached hydrogens (primary N) is 1. The van der Waals surface area contributed by atoms with Crippen LogP contribution in [-0.2, 0) is 6.42 Å². The molecule has 18 heavy (non-hydrogen) atoms. The van der Waals surface area contributed by atoms with Gasteiger partial charge in [0.15, 0.2) is 0 Å². The van der Waals surface area contributed by atoms with Gasteiger partial charge in [-0.25, -0.2) is 14.4 Å². The van der Waals surface area contributed by atoms with Crippen LogP contribution in [0.15, 0.2) is 30.5 Å². The van der Waals surface area contributed by atoms with Crippen LogP contribution in [0, 0.1) is 12.7 Å². The Balaban J connectivity index is 2.20. The fourth-order valence-corrected chi connectivity index (χ4v) is 1.84. The van der Waals surface area contributed by atoms with Crippen molar-refractivity contribution in [3.05, 3.63) is 58.9 Å². The summed E-state index contributed by atoms with van der Waals surface area (Å²) in [4.78, 5) is 8.72. The topological polar surface area (TPSA) is 51.8 Å². The summed E-state index contributed by atoms with van der Waals surface area (Å²) < 4.78 is 12.8. The van der Waals surface area contributed by atoms with Gasteiger partial charge in [-0.15, -0.1) is 0 Å². The van der Waals surface area contributed by atoms with Gasteiger partial charge >= 0.3 is 0 Å². The van der Waals surface area contributed by atoms with Gasteiger partial charge in [0.1, 0.15) is 11.6 Å². The predicted molar refractivity (Wildman–Crippen MR) is 68.6 cm³/mol. The lowest BCUT2D eigenvalue weighted by Crippen LogP contribution is -2.10. The number of aromatic nitrogens is 2. The molecular weight excluding hydrogens is 229 g/mol. The fourth-order valence-electron chi connectivity index (χ4n) is 1.84. The minimum absolute atomic E-state index is 0.0649. The quantitative estimate of drug-likeness (QED) is 0.904.